The van der Waals surface area contributed by atoms with E-state index in [2.05, 4.69) is 193 Å². The molecule has 0 spiro atoms. The number of benzene rings is 7. The highest BCUT2D eigenvalue weighted by molar-refractivity contribution is 6.11. The molecule has 0 aliphatic carbocycles. The maximum atomic E-state index is 5.28. The summed E-state index contributed by atoms with van der Waals surface area (Å²) < 4.78 is 2.21. The minimum atomic E-state index is 0.621. The van der Waals surface area contributed by atoms with E-state index in [0.29, 0.717) is 5.95 Å². The molecule has 3 aromatic heterocycles. The van der Waals surface area contributed by atoms with Crippen LogP contribution in [-0.2, 0) is 0 Å². The van der Waals surface area contributed by atoms with Gasteiger partial charge in [0.2, 0.25) is 5.95 Å². The van der Waals surface area contributed by atoms with Crippen LogP contribution in [0.1, 0.15) is 0 Å². The van der Waals surface area contributed by atoms with E-state index in [1.54, 1.807) is 0 Å². The topological polar surface area (TPSA) is 43.6 Å². The van der Waals surface area contributed by atoms with E-state index in [4.69, 9.17) is 15.0 Å². The van der Waals surface area contributed by atoms with Gasteiger partial charge in [-0.25, -0.2) is 15.0 Å². The number of rotatable bonds is 7. The Morgan fingerprint density at radius 3 is 1.09 bits per heavy atom. The highest BCUT2D eigenvalue weighted by Crippen LogP contribution is 2.38. The minimum absolute atomic E-state index is 0.621. The average Bonchev–Trinajstić information content (AvgIpc) is 3.60. The number of pyridine rings is 1. The van der Waals surface area contributed by atoms with Crippen molar-refractivity contribution in [2.75, 3.05) is 0 Å². The van der Waals surface area contributed by atoms with E-state index >= 15 is 0 Å². The van der Waals surface area contributed by atoms with Crippen LogP contribution < -0.4 is 0 Å². The second-order valence-electron chi connectivity index (χ2n) is 13.7. The van der Waals surface area contributed by atoms with Gasteiger partial charge < -0.3 is 0 Å². The average molecular weight is 703 g/mol. The van der Waals surface area contributed by atoms with Crippen molar-refractivity contribution < 1.29 is 0 Å². The number of nitrogens with zero attached hydrogens (tertiary/aromatic N) is 4. The summed E-state index contributed by atoms with van der Waals surface area (Å²) in [4.78, 5) is 15.8. The molecular weight excluding hydrogens is 669 g/mol. The molecule has 0 amide bonds. The molecule has 0 aliphatic rings. The van der Waals surface area contributed by atoms with Crippen LogP contribution in [0.15, 0.2) is 206 Å². The molecule has 0 fully saturated rings. The largest absolute Gasteiger partial charge is 0.278 e. The Morgan fingerprint density at radius 1 is 0.255 bits per heavy atom. The molecule has 0 radical (unpaired) electrons. The van der Waals surface area contributed by atoms with Crippen LogP contribution in [0.3, 0.4) is 0 Å². The van der Waals surface area contributed by atoms with Crippen molar-refractivity contribution in [3.63, 3.8) is 0 Å². The normalized spacial score (nSPS) is 11.3. The van der Waals surface area contributed by atoms with E-state index in [0.717, 1.165) is 83.5 Å². The zero-order valence-electron chi connectivity index (χ0n) is 29.9. The number of fused-ring (bicyclic) bond motifs is 3. The Morgan fingerprint density at radius 2 is 0.618 bits per heavy atom. The van der Waals surface area contributed by atoms with Crippen molar-refractivity contribution in [1.29, 1.82) is 0 Å². The fourth-order valence-electron chi connectivity index (χ4n) is 7.49. The minimum Gasteiger partial charge on any atom is -0.278 e. The van der Waals surface area contributed by atoms with Gasteiger partial charge in [0.25, 0.3) is 0 Å². The quantitative estimate of drug-likeness (QED) is 0.166. The van der Waals surface area contributed by atoms with E-state index in [-0.39, 0.29) is 0 Å². The van der Waals surface area contributed by atoms with Crippen LogP contribution in [0, 0.1) is 0 Å². The summed E-state index contributed by atoms with van der Waals surface area (Å²) in [6.07, 6.45) is 0. The fraction of sp³-hybridized carbons (Fsp3) is 0. The van der Waals surface area contributed by atoms with Gasteiger partial charge in [-0.05, 0) is 64.7 Å². The van der Waals surface area contributed by atoms with E-state index in [1.165, 1.54) is 5.56 Å². The van der Waals surface area contributed by atoms with Gasteiger partial charge in [0.15, 0.2) is 0 Å². The summed E-state index contributed by atoms with van der Waals surface area (Å²) in [7, 11) is 0. The Labute approximate surface area is 319 Å². The molecule has 0 unspecified atom stereocenters. The van der Waals surface area contributed by atoms with Crippen LogP contribution in [0.5, 0.6) is 0 Å². The zero-order chi connectivity index (χ0) is 36.6. The monoisotopic (exact) mass is 702 g/mol. The molecule has 7 aromatic carbocycles. The summed E-state index contributed by atoms with van der Waals surface area (Å²) in [5.74, 6) is 0.621. The molecule has 10 rings (SSSR count). The molecule has 0 aliphatic heterocycles. The first-order valence-corrected chi connectivity index (χ1v) is 18.5. The van der Waals surface area contributed by atoms with Crippen molar-refractivity contribution in [1.82, 2.24) is 19.5 Å². The lowest BCUT2D eigenvalue weighted by Crippen LogP contribution is -2.04. The molecule has 0 bridgehead atoms. The predicted octanol–water partition coefficient (Wildman–Crippen LogP) is 13.0. The third-order valence-electron chi connectivity index (χ3n) is 10.2. The molecule has 0 saturated carbocycles. The lowest BCUT2D eigenvalue weighted by molar-refractivity contribution is 0.995. The second kappa shape index (κ2) is 13.8. The van der Waals surface area contributed by atoms with E-state index in [1.807, 2.05) is 18.2 Å². The molecule has 4 nitrogen and oxygen atoms in total. The van der Waals surface area contributed by atoms with Crippen molar-refractivity contribution in [3.8, 4) is 73.2 Å². The Hall–Kier alpha value is -7.43. The SMILES string of the molecule is c1ccc(-c2cc(-c3ccccc3)nc(-c3ccc4c(c3)c3cc(-c5ccccc5)ccc3n4-c3nc(-c4ccccc4)cc(-c4ccccc4)n3)c2)cc1. The van der Waals surface area contributed by atoms with E-state index < -0.39 is 0 Å². The summed E-state index contributed by atoms with van der Waals surface area (Å²) in [5.41, 5.74) is 14.4. The first-order chi connectivity index (χ1) is 27.2. The summed E-state index contributed by atoms with van der Waals surface area (Å²) in [6, 6.07) is 72.0. The summed E-state index contributed by atoms with van der Waals surface area (Å²) in [5, 5.41) is 2.23. The lowest BCUT2D eigenvalue weighted by atomic mass is 9.98. The van der Waals surface area contributed by atoms with Gasteiger partial charge in [0.1, 0.15) is 0 Å². The highest BCUT2D eigenvalue weighted by Gasteiger charge is 2.19. The Kier molecular flexibility index (Phi) is 8.12. The highest BCUT2D eigenvalue weighted by atomic mass is 15.2. The predicted molar refractivity (Wildman–Crippen MR) is 227 cm³/mol. The van der Waals surface area contributed by atoms with Gasteiger partial charge in [-0.3, -0.25) is 4.57 Å². The van der Waals surface area contributed by atoms with Gasteiger partial charge >= 0.3 is 0 Å². The molecule has 3 heterocycles. The van der Waals surface area contributed by atoms with Gasteiger partial charge in [0, 0.05) is 33.0 Å². The molecule has 0 saturated heterocycles. The summed E-state index contributed by atoms with van der Waals surface area (Å²) >= 11 is 0. The maximum absolute atomic E-state index is 5.28. The molecule has 4 heteroatoms. The second-order valence-corrected chi connectivity index (χ2v) is 13.7. The molecule has 0 atom stereocenters. The van der Waals surface area contributed by atoms with Crippen LogP contribution in [0.2, 0.25) is 0 Å². The number of hydrogen-bond acceptors (Lipinski definition) is 3. The van der Waals surface area contributed by atoms with Crippen LogP contribution in [0.25, 0.3) is 95.0 Å². The third kappa shape index (κ3) is 6.16. The standard InChI is InChI=1S/C51H34N4/c1-6-16-35(17-7-1)40-26-28-49-43(30-40)44-31-41(46-33-42(36-18-8-2-9-19-36)32-45(52-46)37-20-10-3-11-21-37)27-29-50(44)55(49)51-53-47(38-22-12-4-13-23-38)34-48(54-51)39-24-14-5-15-25-39/h1-34H. The fourth-order valence-corrected chi connectivity index (χ4v) is 7.49. The number of hydrogen-bond donors (Lipinski definition) is 0. The first kappa shape index (κ1) is 32.2. The molecule has 10 aromatic rings. The molecule has 0 N–H and O–H groups in total. The van der Waals surface area contributed by atoms with Crippen LogP contribution in [-0.4, -0.2) is 19.5 Å². The van der Waals surface area contributed by atoms with Crippen molar-refractivity contribution >= 4 is 21.8 Å². The van der Waals surface area contributed by atoms with Crippen LogP contribution >= 0.6 is 0 Å². The maximum Gasteiger partial charge on any atom is 0.235 e. The summed E-state index contributed by atoms with van der Waals surface area (Å²) in [6.45, 7) is 0. The number of aromatic nitrogens is 4. The van der Waals surface area contributed by atoms with Crippen molar-refractivity contribution in [2.45, 2.75) is 0 Å². The van der Waals surface area contributed by atoms with Gasteiger partial charge in [-0.2, -0.15) is 0 Å². The van der Waals surface area contributed by atoms with Gasteiger partial charge in [-0.15, -0.1) is 0 Å². The lowest BCUT2D eigenvalue weighted by Gasteiger charge is -2.12. The Bertz CT molecular complexity index is 2820. The molecule has 55 heavy (non-hydrogen) atoms. The van der Waals surface area contributed by atoms with E-state index in [9.17, 15) is 0 Å². The molecule has 258 valence electrons. The Balaban J connectivity index is 1.23. The van der Waals surface area contributed by atoms with Gasteiger partial charge in [0.05, 0.1) is 33.8 Å². The van der Waals surface area contributed by atoms with Crippen LogP contribution in [0.4, 0.5) is 0 Å². The smallest absolute Gasteiger partial charge is 0.235 e. The zero-order valence-corrected chi connectivity index (χ0v) is 29.9. The van der Waals surface area contributed by atoms with Crippen molar-refractivity contribution in [3.05, 3.63) is 206 Å². The van der Waals surface area contributed by atoms with Crippen molar-refractivity contribution in [2.24, 2.45) is 0 Å². The first-order valence-electron chi connectivity index (χ1n) is 18.5. The molecular formula is C51H34N4. The third-order valence-corrected chi connectivity index (χ3v) is 10.2. The van der Waals surface area contributed by atoms with Gasteiger partial charge in [-0.1, -0.05) is 164 Å².